The quantitative estimate of drug-likeness (QED) is 0.578. The predicted molar refractivity (Wildman–Crippen MR) is 70.2 cm³/mol. The molecule has 17 heavy (non-hydrogen) atoms. The lowest BCUT2D eigenvalue weighted by atomic mass is 9.93. The highest BCUT2D eigenvalue weighted by Crippen LogP contribution is 2.25. The molecule has 0 heterocycles. The highest BCUT2D eigenvalue weighted by atomic mass is 16.2. The van der Waals surface area contributed by atoms with Crippen LogP contribution >= 0.6 is 0 Å². The Kier molecular flexibility index (Phi) is 6.07. The second-order valence-electron chi connectivity index (χ2n) is 5.06. The number of carbonyl (C=O) groups excluding carboxylic acids is 1. The Hall–Kier alpha value is -1.01. The van der Waals surface area contributed by atoms with E-state index >= 15 is 0 Å². The molecule has 1 rings (SSSR count). The molecule has 1 fully saturated rings. The first-order chi connectivity index (χ1) is 8.15. The number of rotatable bonds is 4. The van der Waals surface area contributed by atoms with Gasteiger partial charge in [0.1, 0.15) is 0 Å². The molecule has 0 bridgehead atoms. The van der Waals surface area contributed by atoms with Crippen LogP contribution in [0.2, 0.25) is 0 Å². The first kappa shape index (κ1) is 14.1. The lowest BCUT2D eigenvalue weighted by Crippen LogP contribution is -2.46. The van der Waals surface area contributed by atoms with Gasteiger partial charge in [-0.15, -0.1) is 12.3 Å². The van der Waals surface area contributed by atoms with E-state index in [4.69, 9.17) is 12.2 Å². The zero-order valence-electron chi connectivity index (χ0n) is 10.7. The summed E-state index contributed by atoms with van der Waals surface area (Å²) in [6.07, 6.45) is 13.1. The van der Waals surface area contributed by atoms with Crippen molar-refractivity contribution in [3.63, 3.8) is 0 Å². The van der Waals surface area contributed by atoms with Crippen molar-refractivity contribution in [3.8, 4) is 12.3 Å². The van der Waals surface area contributed by atoms with Crippen LogP contribution in [0.4, 0.5) is 0 Å². The van der Waals surface area contributed by atoms with Crippen molar-refractivity contribution < 1.29 is 4.79 Å². The average Bonchev–Trinajstić information content (AvgIpc) is 2.57. The van der Waals surface area contributed by atoms with Gasteiger partial charge in [0.25, 0.3) is 0 Å². The number of nitrogens with one attached hydrogen (secondary N) is 1. The fourth-order valence-corrected chi connectivity index (χ4v) is 2.48. The summed E-state index contributed by atoms with van der Waals surface area (Å²) in [4.78, 5) is 11.7. The molecule has 0 saturated heterocycles. The zero-order valence-corrected chi connectivity index (χ0v) is 10.7. The van der Waals surface area contributed by atoms with Gasteiger partial charge >= 0.3 is 0 Å². The zero-order chi connectivity index (χ0) is 12.7. The van der Waals surface area contributed by atoms with Gasteiger partial charge in [-0.1, -0.05) is 25.7 Å². The molecule has 1 aliphatic rings. The van der Waals surface area contributed by atoms with E-state index in [2.05, 4.69) is 18.2 Å². The number of nitrogens with two attached hydrogens (primary N) is 1. The van der Waals surface area contributed by atoms with Crippen LogP contribution in [-0.2, 0) is 4.79 Å². The first-order valence-electron chi connectivity index (χ1n) is 6.64. The van der Waals surface area contributed by atoms with E-state index in [1.807, 2.05) is 0 Å². The molecular formula is C14H24N2O. The monoisotopic (exact) mass is 236 g/mol. The van der Waals surface area contributed by atoms with Crippen molar-refractivity contribution in [1.82, 2.24) is 5.32 Å². The molecular weight excluding hydrogens is 212 g/mol. The molecule has 1 unspecified atom stereocenters. The Bertz CT molecular complexity index is 274. The van der Waals surface area contributed by atoms with E-state index in [0.29, 0.717) is 12.3 Å². The molecule has 2 atom stereocenters. The fraction of sp³-hybridized carbons (Fsp3) is 0.786. The van der Waals surface area contributed by atoms with Gasteiger partial charge in [-0.05, 0) is 25.7 Å². The summed E-state index contributed by atoms with van der Waals surface area (Å²) in [5.74, 6) is 2.91. The Labute approximate surface area is 105 Å². The minimum atomic E-state index is -0.562. The van der Waals surface area contributed by atoms with Gasteiger partial charge in [0, 0.05) is 12.5 Å². The summed E-state index contributed by atoms with van der Waals surface area (Å²) in [5.41, 5.74) is 5.68. The molecule has 1 saturated carbocycles. The smallest absolute Gasteiger partial charge is 0.238 e. The van der Waals surface area contributed by atoms with E-state index in [-0.39, 0.29) is 11.9 Å². The normalized spacial score (nSPS) is 21.0. The molecule has 0 aromatic carbocycles. The number of hydrogen-bond acceptors (Lipinski definition) is 2. The SMILES string of the molecule is C#CCC(N)C(=O)N[C@@H](C)C1CCCCCC1. The van der Waals surface area contributed by atoms with E-state index < -0.39 is 6.04 Å². The third-order valence-electron chi connectivity index (χ3n) is 3.65. The molecule has 0 aliphatic heterocycles. The second-order valence-corrected chi connectivity index (χ2v) is 5.06. The minimum Gasteiger partial charge on any atom is -0.352 e. The lowest BCUT2D eigenvalue weighted by Gasteiger charge is -2.24. The van der Waals surface area contributed by atoms with Gasteiger partial charge in [-0.2, -0.15) is 0 Å². The maximum Gasteiger partial charge on any atom is 0.238 e. The first-order valence-corrected chi connectivity index (χ1v) is 6.64. The summed E-state index contributed by atoms with van der Waals surface area (Å²) in [5, 5.41) is 3.00. The Balaban J connectivity index is 2.39. The Morgan fingerprint density at radius 1 is 1.41 bits per heavy atom. The predicted octanol–water partition coefficient (Wildman–Crippen LogP) is 1.81. The maximum absolute atomic E-state index is 11.7. The van der Waals surface area contributed by atoms with E-state index in [9.17, 15) is 4.79 Å². The summed E-state index contributed by atoms with van der Waals surface area (Å²) in [6.45, 7) is 2.08. The lowest BCUT2D eigenvalue weighted by molar-refractivity contribution is -0.123. The van der Waals surface area contributed by atoms with Crippen LogP contribution in [0.1, 0.15) is 51.9 Å². The van der Waals surface area contributed by atoms with Gasteiger partial charge in [0.2, 0.25) is 5.91 Å². The van der Waals surface area contributed by atoms with E-state index in [1.54, 1.807) is 0 Å². The number of carbonyl (C=O) groups is 1. The van der Waals surface area contributed by atoms with Gasteiger partial charge in [0.05, 0.1) is 6.04 Å². The molecule has 3 N–H and O–H groups in total. The summed E-state index contributed by atoms with van der Waals surface area (Å²) in [7, 11) is 0. The van der Waals surface area contributed by atoms with Crippen LogP contribution in [0.15, 0.2) is 0 Å². The summed E-state index contributed by atoms with van der Waals surface area (Å²) in [6, 6.07) is -0.349. The Morgan fingerprint density at radius 3 is 2.53 bits per heavy atom. The number of amides is 1. The highest BCUT2D eigenvalue weighted by Gasteiger charge is 2.22. The van der Waals surface area contributed by atoms with Crippen molar-refractivity contribution in [2.75, 3.05) is 0 Å². The topological polar surface area (TPSA) is 55.1 Å². The Morgan fingerprint density at radius 2 is 2.00 bits per heavy atom. The van der Waals surface area contributed by atoms with Gasteiger partial charge in [-0.25, -0.2) is 0 Å². The molecule has 1 amide bonds. The van der Waals surface area contributed by atoms with Crippen LogP contribution in [0, 0.1) is 18.3 Å². The maximum atomic E-state index is 11.7. The van der Waals surface area contributed by atoms with Gasteiger partial charge in [0.15, 0.2) is 0 Å². The molecule has 3 heteroatoms. The number of terminal acetylenes is 1. The molecule has 3 nitrogen and oxygen atoms in total. The third kappa shape index (κ3) is 4.79. The fourth-order valence-electron chi connectivity index (χ4n) is 2.48. The molecule has 96 valence electrons. The summed E-state index contributed by atoms with van der Waals surface area (Å²) >= 11 is 0. The highest BCUT2D eigenvalue weighted by molar-refractivity contribution is 5.82. The van der Waals surface area contributed by atoms with E-state index in [1.165, 1.54) is 38.5 Å². The molecule has 0 spiro atoms. The molecule has 1 aliphatic carbocycles. The van der Waals surface area contributed by atoms with Crippen LogP contribution in [0.25, 0.3) is 0 Å². The largest absolute Gasteiger partial charge is 0.352 e. The number of hydrogen-bond donors (Lipinski definition) is 2. The van der Waals surface area contributed by atoms with Crippen molar-refractivity contribution in [1.29, 1.82) is 0 Å². The van der Waals surface area contributed by atoms with Gasteiger partial charge < -0.3 is 11.1 Å². The molecule has 0 aromatic rings. The molecule has 0 radical (unpaired) electrons. The van der Waals surface area contributed by atoms with Crippen LogP contribution in [0.5, 0.6) is 0 Å². The molecule has 0 aromatic heterocycles. The van der Waals surface area contributed by atoms with Gasteiger partial charge in [-0.3, -0.25) is 4.79 Å². The third-order valence-corrected chi connectivity index (χ3v) is 3.65. The van der Waals surface area contributed by atoms with Crippen molar-refractivity contribution >= 4 is 5.91 Å². The van der Waals surface area contributed by atoms with E-state index in [0.717, 1.165) is 0 Å². The average molecular weight is 236 g/mol. The van der Waals surface area contributed by atoms with Crippen molar-refractivity contribution in [3.05, 3.63) is 0 Å². The van der Waals surface area contributed by atoms with Crippen LogP contribution in [-0.4, -0.2) is 18.0 Å². The second kappa shape index (κ2) is 7.34. The van der Waals surface area contributed by atoms with Crippen LogP contribution in [0.3, 0.4) is 0 Å². The summed E-state index contributed by atoms with van der Waals surface area (Å²) < 4.78 is 0. The minimum absolute atomic E-state index is 0.111. The van der Waals surface area contributed by atoms with Crippen LogP contribution < -0.4 is 11.1 Å². The van der Waals surface area contributed by atoms with Crippen molar-refractivity contribution in [2.45, 2.75) is 64.0 Å². The standard InChI is InChI=1S/C14H24N2O/c1-3-8-13(15)14(17)16-11(2)12-9-6-4-5-7-10-12/h1,11-13H,4-10,15H2,2H3,(H,16,17)/t11-,13?/m0/s1. The van der Waals surface area contributed by atoms with Crippen molar-refractivity contribution in [2.24, 2.45) is 11.7 Å².